The Bertz CT molecular complexity index is 664. The predicted octanol–water partition coefficient (Wildman–Crippen LogP) is 4.37. The molecule has 1 unspecified atom stereocenters. The Labute approximate surface area is 144 Å². The first-order valence-electron chi connectivity index (χ1n) is 8.06. The minimum absolute atomic E-state index is 0.272. The molecular formula is C17H22N2O2S2. The molecular weight excluding hydrogens is 328 g/mol. The zero-order chi connectivity index (χ0) is 16.4. The van der Waals surface area contributed by atoms with Crippen molar-refractivity contribution in [2.24, 2.45) is 11.8 Å². The van der Waals surface area contributed by atoms with Crippen LogP contribution in [0.15, 0.2) is 17.5 Å². The lowest BCUT2D eigenvalue weighted by Gasteiger charge is -2.30. The molecule has 0 bridgehead atoms. The molecule has 6 heteroatoms. The lowest BCUT2D eigenvalue weighted by Crippen LogP contribution is -2.38. The number of carboxylic acid groups (broad SMARTS) is 1. The average molecular weight is 351 g/mol. The summed E-state index contributed by atoms with van der Waals surface area (Å²) in [5.41, 5.74) is 1.09. The number of hydrogen-bond donors (Lipinski definition) is 1. The summed E-state index contributed by atoms with van der Waals surface area (Å²) in [6.07, 6.45) is 2.71. The number of aliphatic carboxylic acids is 1. The maximum Gasteiger partial charge on any atom is 0.308 e. The van der Waals surface area contributed by atoms with Crippen LogP contribution in [0.5, 0.6) is 0 Å². The van der Waals surface area contributed by atoms with Crippen molar-refractivity contribution >= 4 is 33.8 Å². The summed E-state index contributed by atoms with van der Waals surface area (Å²) < 4.78 is 0. The van der Waals surface area contributed by atoms with E-state index in [1.165, 1.54) is 9.75 Å². The van der Waals surface area contributed by atoms with Crippen molar-refractivity contribution in [3.8, 4) is 10.6 Å². The van der Waals surface area contributed by atoms with Crippen molar-refractivity contribution in [3.63, 3.8) is 0 Å². The number of piperidine rings is 1. The van der Waals surface area contributed by atoms with E-state index in [0.717, 1.165) is 36.6 Å². The molecule has 4 nitrogen and oxygen atoms in total. The summed E-state index contributed by atoms with van der Waals surface area (Å²) in [6, 6.07) is 4.17. The minimum Gasteiger partial charge on any atom is -0.481 e. The summed E-state index contributed by atoms with van der Waals surface area (Å²) in [7, 11) is 0. The van der Waals surface area contributed by atoms with Crippen molar-refractivity contribution in [1.29, 1.82) is 0 Å². The molecule has 1 aliphatic rings. The molecule has 0 radical (unpaired) electrons. The summed E-state index contributed by atoms with van der Waals surface area (Å²) in [4.78, 5) is 20.9. The molecule has 0 aliphatic carbocycles. The minimum atomic E-state index is -0.688. The van der Waals surface area contributed by atoms with E-state index in [1.54, 1.807) is 22.7 Å². The van der Waals surface area contributed by atoms with Crippen LogP contribution in [0.3, 0.4) is 0 Å². The molecule has 124 valence electrons. The van der Waals surface area contributed by atoms with Gasteiger partial charge in [-0.15, -0.1) is 22.7 Å². The average Bonchev–Trinajstić information content (AvgIpc) is 3.16. The van der Waals surface area contributed by atoms with Gasteiger partial charge < -0.3 is 10.0 Å². The Morgan fingerprint density at radius 1 is 1.52 bits per heavy atom. The SMILES string of the molecule is CC(C)Cc1sc(N2CCCC(C(=O)O)C2)nc1-c1cccs1. The third-order valence-electron chi connectivity index (χ3n) is 4.08. The quantitative estimate of drug-likeness (QED) is 0.870. The first-order chi connectivity index (χ1) is 11.0. The standard InChI is InChI=1S/C17H22N2O2S2/c1-11(2)9-14-15(13-6-4-8-22-13)18-17(23-14)19-7-3-5-12(10-19)16(20)21/h4,6,8,11-12H,3,5,7,9-10H2,1-2H3,(H,20,21). The highest BCUT2D eigenvalue weighted by atomic mass is 32.1. The molecule has 0 aromatic carbocycles. The second kappa shape index (κ2) is 7.01. The zero-order valence-corrected chi connectivity index (χ0v) is 15.1. The van der Waals surface area contributed by atoms with Crippen LogP contribution in [-0.4, -0.2) is 29.1 Å². The summed E-state index contributed by atoms with van der Waals surface area (Å²) >= 11 is 3.45. The second-order valence-electron chi connectivity index (χ2n) is 6.47. The van der Waals surface area contributed by atoms with Gasteiger partial charge in [-0.3, -0.25) is 4.79 Å². The summed E-state index contributed by atoms with van der Waals surface area (Å²) in [6.45, 7) is 5.92. The van der Waals surface area contributed by atoms with Crippen LogP contribution in [0.2, 0.25) is 0 Å². The number of nitrogens with zero attached hydrogens (tertiary/aromatic N) is 2. The maximum absolute atomic E-state index is 11.3. The molecule has 1 atom stereocenters. The second-order valence-corrected chi connectivity index (χ2v) is 8.48. The van der Waals surface area contributed by atoms with Gasteiger partial charge in [-0.05, 0) is 36.6 Å². The summed E-state index contributed by atoms with van der Waals surface area (Å²) in [5, 5.41) is 12.3. The van der Waals surface area contributed by atoms with Crippen LogP contribution in [0.25, 0.3) is 10.6 Å². The van der Waals surface area contributed by atoms with E-state index < -0.39 is 5.97 Å². The van der Waals surface area contributed by atoms with Crippen LogP contribution in [0.1, 0.15) is 31.6 Å². The Morgan fingerprint density at radius 3 is 3.00 bits per heavy atom. The van der Waals surface area contributed by atoms with Gasteiger partial charge >= 0.3 is 5.97 Å². The number of hydrogen-bond acceptors (Lipinski definition) is 5. The Morgan fingerprint density at radius 2 is 2.35 bits per heavy atom. The fourth-order valence-corrected chi connectivity index (χ4v) is 5.07. The molecule has 1 N–H and O–H groups in total. The van der Waals surface area contributed by atoms with Crippen molar-refractivity contribution < 1.29 is 9.90 Å². The lowest BCUT2D eigenvalue weighted by molar-refractivity contribution is -0.141. The highest BCUT2D eigenvalue weighted by Crippen LogP contribution is 2.37. The number of thiophene rings is 1. The van der Waals surface area contributed by atoms with Gasteiger partial charge in [0.1, 0.15) is 0 Å². The number of rotatable bonds is 5. The number of anilines is 1. The van der Waals surface area contributed by atoms with Crippen LogP contribution in [0.4, 0.5) is 5.13 Å². The smallest absolute Gasteiger partial charge is 0.308 e. The Kier molecular flexibility index (Phi) is 5.02. The van der Waals surface area contributed by atoms with Gasteiger partial charge in [-0.1, -0.05) is 19.9 Å². The van der Waals surface area contributed by atoms with E-state index in [0.29, 0.717) is 12.5 Å². The third kappa shape index (κ3) is 3.75. The van der Waals surface area contributed by atoms with Crippen molar-refractivity contribution in [2.45, 2.75) is 33.1 Å². The van der Waals surface area contributed by atoms with Gasteiger partial charge in [0.15, 0.2) is 5.13 Å². The molecule has 0 amide bonds. The Balaban J connectivity index is 1.89. The molecule has 3 rings (SSSR count). The molecule has 0 spiro atoms. The third-order valence-corrected chi connectivity index (χ3v) is 6.09. The van der Waals surface area contributed by atoms with Crippen molar-refractivity contribution in [2.75, 3.05) is 18.0 Å². The van der Waals surface area contributed by atoms with Gasteiger partial charge in [0.05, 0.1) is 16.5 Å². The van der Waals surface area contributed by atoms with Crippen LogP contribution in [-0.2, 0) is 11.2 Å². The zero-order valence-electron chi connectivity index (χ0n) is 13.5. The van der Waals surface area contributed by atoms with E-state index in [2.05, 4.69) is 36.3 Å². The molecule has 23 heavy (non-hydrogen) atoms. The monoisotopic (exact) mass is 350 g/mol. The largest absolute Gasteiger partial charge is 0.481 e. The molecule has 1 aliphatic heterocycles. The highest BCUT2D eigenvalue weighted by molar-refractivity contribution is 7.17. The maximum atomic E-state index is 11.3. The number of carbonyl (C=O) groups is 1. The van der Waals surface area contributed by atoms with E-state index >= 15 is 0 Å². The van der Waals surface area contributed by atoms with Crippen LogP contribution >= 0.6 is 22.7 Å². The Hall–Kier alpha value is -1.40. The first kappa shape index (κ1) is 16.5. The topological polar surface area (TPSA) is 53.4 Å². The number of thiazole rings is 1. The normalized spacial score (nSPS) is 18.6. The van der Waals surface area contributed by atoms with Gasteiger partial charge in [0.2, 0.25) is 0 Å². The highest BCUT2D eigenvalue weighted by Gasteiger charge is 2.28. The molecule has 1 saturated heterocycles. The van der Waals surface area contributed by atoms with Gasteiger partial charge in [0.25, 0.3) is 0 Å². The molecule has 0 saturated carbocycles. The number of aromatic nitrogens is 1. The fraction of sp³-hybridized carbons (Fsp3) is 0.529. The van der Waals surface area contributed by atoms with E-state index in [1.807, 2.05) is 0 Å². The van der Waals surface area contributed by atoms with Crippen molar-refractivity contribution in [3.05, 3.63) is 22.4 Å². The summed E-state index contributed by atoms with van der Waals surface area (Å²) in [5.74, 6) is -0.381. The van der Waals surface area contributed by atoms with Gasteiger partial charge in [-0.25, -0.2) is 4.98 Å². The lowest BCUT2D eigenvalue weighted by atomic mass is 9.99. The fourth-order valence-electron chi connectivity index (χ4n) is 2.94. The molecule has 2 aromatic rings. The van der Waals surface area contributed by atoms with Crippen molar-refractivity contribution in [1.82, 2.24) is 4.98 Å². The first-order valence-corrected chi connectivity index (χ1v) is 9.75. The molecule has 1 fully saturated rings. The molecule has 2 aromatic heterocycles. The van der Waals surface area contributed by atoms with Crippen LogP contribution in [0, 0.1) is 11.8 Å². The van der Waals surface area contributed by atoms with Gasteiger partial charge in [-0.2, -0.15) is 0 Å². The van der Waals surface area contributed by atoms with E-state index in [4.69, 9.17) is 4.98 Å². The van der Waals surface area contributed by atoms with E-state index in [9.17, 15) is 9.90 Å². The number of carboxylic acids is 1. The van der Waals surface area contributed by atoms with E-state index in [-0.39, 0.29) is 5.92 Å². The van der Waals surface area contributed by atoms with Gasteiger partial charge in [0, 0.05) is 18.0 Å². The predicted molar refractivity (Wildman–Crippen MR) is 96.5 cm³/mol. The van der Waals surface area contributed by atoms with Crippen LogP contribution < -0.4 is 4.90 Å². The molecule has 3 heterocycles.